The van der Waals surface area contributed by atoms with E-state index in [1.54, 1.807) is 0 Å². The van der Waals surface area contributed by atoms with Gasteiger partial charge in [0.2, 0.25) is 10.0 Å². The Bertz CT molecular complexity index is 1460. The first-order valence-corrected chi connectivity index (χ1v) is 11.7. The van der Waals surface area contributed by atoms with E-state index in [0.717, 1.165) is 32.2 Å². The monoisotopic (exact) mass is 465 g/mol. The molecule has 0 radical (unpaired) electrons. The van der Waals surface area contributed by atoms with Crippen molar-refractivity contribution in [1.82, 2.24) is 8.87 Å². The Balaban J connectivity index is 1.49. The van der Waals surface area contributed by atoms with Crippen LogP contribution in [0.15, 0.2) is 77.7 Å². The van der Waals surface area contributed by atoms with Gasteiger partial charge in [-0.05, 0) is 18.2 Å². The Morgan fingerprint density at radius 3 is 2.24 bits per heavy atom. The van der Waals surface area contributed by atoms with Gasteiger partial charge in [0, 0.05) is 33.9 Å². The number of hydrogen-bond donors (Lipinski definition) is 0. The molecule has 0 unspecified atom stereocenters. The summed E-state index contributed by atoms with van der Waals surface area (Å²) in [5.41, 5.74) is 1.57. The number of aromatic nitrogens is 1. The first-order chi connectivity index (χ1) is 15.8. The minimum atomic E-state index is -4.13. The van der Waals surface area contributed by atoms with Crippen molar-refractivity contribution >= 4 is 43.5 Å². The smallest absolute Gasteiger partial charge is 0.321 e. The second kappa shape index (κ2) is 7.98. The van der Waals surface area contributed by atoms with Crippen LogP contribution in [0, 0.1) is 10.1 Å². The molecule has 0 N–H and O–H groups in total. The molecule has 1 fully saturated rings. The van der Waals surface area contributed by atoms with E-state index in [9.17, 15) is 23.3 Å². The van der Waals surface area contributed by atoms with Crippen molar-refractivity contribution in [3.63, 3.8) is 0 Å². The normalized spacial score (nSPS) is 17.3. The number of hydrogen-bond acceptors (Lipinski definition) is 6. The molecule has 0 amide bonds. The van der Waals surface area contributed by atoms with E-state index in [1.165, 1.54) is 18.2 Å². The largest absolute Gasteiger partial charge is 0.458 e. The Kier molecular flexibility index (Phi) is 5.10. The van der Waals surface area contributed by atoms with Gasteiger partial charge in [0.25, 0.3) is 5.69 Å². The maximum Gasteiger partial charge on any atom is 0.321 e. The summed E-state index contributed by atoms with van der Waals surface area (Å²) in [7, 11) is -4.13. The van der Waals surface area contributed by atoms with Gasteiger partial charge in [-0.3, -0.25) is 14.9 Å². The predicted molar refractivity (Wildman–Crippen MR) is 121 cm³/mol. The van der Waals surface area contributed by atoms with E-state index in [0.29, 0.717) is 0 Å². The third kappa shape index (κ3) is 3.73. The molecule has 1 atom stereocenters. The lowest BCUT2D eigenvalue weighted by atomic mass is 10.2. The van der Waals surface area contributed by atoms with Gasteiger partial charge in [0.15, 0.2) is 0 Å². The summed E-state index contributed by atoms with van der Waals surface area (Å²) in [6.07, 6.45) is -0.723. The molecule has 1 aromatic heterocycles. The highest BCUT2D eigenvalue weighted by molar-refractivity contribution is 7.89. The molecule has 1 aliphatic heterocycles. The molecule has 1 aliphatic rings. The number of ether oxygens (including phenoxy) is 1. The fourth-order valence-electron chi connectivity index (χ4n) is 4.28. The van der Waals surface area contributed by atoms with Crippen LogP contribution >= 0.6 is 0 Å². The maximum absolute atomic E-state index is 13.2. The topological polar surface area (TPSA) is 112 Å². The molecule has 33 heavy (non-hydrogen) atoms. The van der Waals surface area contributed by atoms with Crippen molar-refractivity contribution in [2.24, 2.45) is 0 Å². The van der Waals surface area contributed by atoms with E-state index in [-0.39, 0.29) is 23.7 Å². The number of nitrogens with zero attached hydrogens (tertiary/aromatic N) is 3. The van der Waals surface area contributed by atoms with Crippen LogP contribution in [-0.2, 0) is 26.1 Å². The molecule has 2 heterocycles. The number of benzene rings is 3. The molecule has 168 valence electrons. The molecule has 3 aromatic carbocycles. The zero-order valence-electron chi connectivity index (χ0n) is 17.3. The molecule has 0 aliphatic carbocycles. The second-order valence-corrected chi connectivity index (χ2v) is 9.75. The lowest BCUT2D eigenvalue weighted by molar-refractivity contribution is -0.385. The van der Waals surface area contributed by atoms with Crippen molar-refractivity contribution in [3.05, 3.63) is 82.9 Å². The van der Waals surface area contributed by atoms with Gasteiger partial charge in [-0.15, -0.1) is 0 Å². The fourth-order valence-corrected chi connectivity index (χ4v) is 5.74. The van der Waals surface area contributed by atoms with Crippen molar-refractivity contribution in [2.45, 2.75) is 17.5 Å². The molecule has 10 heteroatoms. The van der Waals surface area contributed by atoms with Gasteiger partial charge >= 0.3 is 5.97 Å². The zero-order chi connectivity index (χ0) is 23.2. The highest BCUT2D eigenvalue weighted by atomic mass is 32.2. The Hall–Kier alpha value is -3.76. The average molecular weight is 465 g/mol. The summed E-state index contributed by atoms with van der Waals surface area (Å²) in [6, 6.07) is 20.5. The number of sulfonamides is 1. The van der Waals surface area contributed by atoms with Crippen LogP contribution in [0.4, 0.5) is 5.69 Å². The van der Waals surface area contributed by atoms with Crippen LogP contribution in [0.3, 0.4) is 0 Å². The third-order valence-electron chi connectivity index (χ3n) is 5.74. The molecule has 4 aromatic rings. The van der Waals surface area contributed by atoms with E-state index in [4.69, 9.17) is 4.74 Å². The number of rotatable bonds is 5. The van der Waals surface area contributed by atoms with Crippen molar-refractivity contribution in [2.75, 3.05) is 13.1 Å². The number of carbonyl (C=O) groups is 1. The van der Waals surface area contributed by atoms with E-state index in [1.807, 2.05) is 53.1 Å². The first kappa shape index (κ1) is 21.1. The summed E-state index contributed by atoms with van der Waals surface area (Å²) in [5.74, 6) is -0.666. The number of nitro benzene ring substituents is 1. The Morgan fingerprint density at radius 1 is 0.970 bits per heavy atom. The Labute approximate surface area is 189 Å². The summed E-state index contributed by atoms with van der Waals surface area (Å²) in [4.78, 5) is 22.5. The minimum Gasteiger partial charge on any atom is -0.458 e. The van der Waals surface area contributed by atoms with Crippen LogP contribution in [0.1, 0.15) is 0 Å². The highest BCUT2D eigenvalue weighted by Gasteiger charge is 2.36. The van der Waals surface area contributed by atoms with E-state index >= 15 is 0 Å². The van der Waals surface area contributed by atoms with Gasteiger partial charge in [0.1, 0.15) is 12.6 Å². The number of para-hydroxylation sites is 2. The molecular weight excluding hydrogens is 446 g/mol. The number of non-ortho nitro benzene ring substituents is 1. The van der Waals surface area contributed by atoms with Crippen LogP contribution in [0.2, 0.25) is 0 Å². The van der Waals surface area contributed by atoms with Gasteiger partial charge in [0.05, 0.1) is 22.9 Å². The van der Waals surface area contributed by atoms with Gasteiger partial charge in [-0.25, -0.2) is 8.42 Å². The van der Waals surface area contributed by atoms with Gasteiger partial charge < -0.3 is 9.30 Å². The molecule has 1 saturated heterocycles. The standard InChI is InChI=1S/C23H19N3O6S/c27-23-15-24(33(30,31)18-7-5-6-16(12-18)26(28)29)13-17(32-23)14-25-21-10-3-1-8-19(21)20-9-2-4-11-22(20)25/h1-12,17H,13-15H2/t17-/m0/s1. The Morgan fingerprint density at radius 2 is 1.61 bits per heavy atom. The van der Waals surface area contributed by atoms with E-state index in [2.05, 4.69) is 0 Å². The first-order valence-electron chi connectivity index (χ1n) is 10.2. The quantitative estimate of drug-likeness (QED) is 0.254. The number of carbonyl (C=O) groups excluding carboxylic acids is 1. The molecular formula is C23H19N3O6S. The van der Waals surface area contributed by atoms with E-state index < -0.39 is 33.6 Å². The molecule has 0 spiro atoms. The fraction of sp³-hybridized carbons (Fsp3) is 0.174. The molecule has 0 bridgehead atoms. The second-order valence-electron chi connectivity index (χ2n) is 7.81. The summed E-state index contributed by atoms with van der Waals surface area (Å²) < 4.78 is 34.9. The van der Waals surface area contributed by atoms with Crippen molar-refractivity contribution < 1.29 is 22.9 Å². The van der Waals surface area contributed by atoms with Crippen LogP contribution in [0.25, 0.3) is 21.8 Å². The lowest BCUT2D eigenvalue weighted by Gasteiger charge is -2.31. The average Bonchev–Trinajstić information content (AvgIpc) is 3.13. The number of esters is 1. The molecule has 5 rings (SSSR count). The number of fused-ring (bicyclic) bond motifs is 3. The van der Waals surface area contributed by atoms with Crippen molar-refractivity contribution in [3.8, 4) is 0 Å². The highest BCUT2D eigenvalue weighted by Crippen LogP contribution is 2.30. The SMILES string of the molecule is O=C1CN(S(=O)(=O)c2cccc([N+](=O)[O-])c2)C[C@@H](Cn2c3ccccc3c3ccccc32)O1. The molecule has 9 nitrogen and oxygen atoms in total. The summed E-state index contributed by atoms with van der Waals surface area (Å²) >= 11 is 0. The zero-order valence-corrected chi connectivity index (χ0v) is 18.1. The number of morpholine rings is 1. The van der Waals surface area contributed by atoms with Gasteiger partial charge in [-0.2, -0.15) is 4.31 Å². The number of nitro groups is 1. The molecule has 0 saturated carbocycles. The van der Waals surface area contributed by atoms with Crippen LogP contribution < -0.4 is 0 Å². The van der Waals surface area contributed by atoms with Gasteiger partial charge in [-0.1, -0.05) is 42.5 Å². The van der Waals surface area contributed by atoms with Crippen molar-refractivity contribution in [1.29, 1.82) is 0 Å². The summed E-state index contributed by atoms with van der Waals surface area (Å²) in [6.45, 7) is -0.243. The number of cyclic esters (lactones) is 1. The van der Waals surface area contributed by atoms with Crippen LogP contribution in [-0.4, -0.2) is 47.4 Å². The maximum atomic E-state index is 13.2. The lowest BCUT2D eigenvalue weighted by Crippen LogP contribution is -2.49. The summed E-state index contributed by atoms with van der Waals surface area (Å²) in [5, 5.41) is 13.2. The van der Waals surface area contributed by atoms with Crippen LogP contribution in [0.5, 0.6) is 0 Å². The minimum absolute atomic E-state index is 0.0579. The third-order valence-corrected chi connectivity index (χ3v) is 7.55. The predicted octanol–water partition coefficient (Wildman–Crippen LogP) is 3.32.